The van der Waals surface area contributed by atoms with E-state index in [2.05, 4.69) is 26.6 Å². The number of nitrogen functional groups attached to an aromatic ring is 7. The summed E-state index contributed by atoms with van der Waals surface area (Å²) in [6, 6.07) is -2.76. The van der Waals surface area contributed by atoms with Gasteiger partial charge in [-0.1, -0.05) is 0 Å². The van der Waals surface area contributed by atoms with Gasteiger partial charge in [-0.2, -0.15) is 0 Å². The normalized spacial score (nSPS) is 25.4. The van der Waals surface area contributed by atoms with Crippen molar-refractivity contribution < 1.29 is 145 Å². The van der Waals surface area contributed by atoms with Gasteiger partial charge in [-0.15, -0.1) is 0 Å². The van der Waals surface area contributed by atoms with E-state index >= 15 is 0 Å². The molecule has 14 aliphatic rings. The molecule has 7 saturated heterocycles. The van der Waals surface area contributed by atoms with Crippen molar-refractivity contribution >= 4 is 164 Å². The molecule has 0 aromatic heterocycles. The summed E-state index contributed by atoms with van der Waals surface area (Å²) in [6.07, 6.45) is -2.76. The summed E-state index contributed by atoms with van der Waals surface area (Å²) in [5.74, 6) is -19.1. The van der Waals surface area contributed by atoms with Gasteiger partial charge in [0.15, 0.2) is 0 Å². The number of amides is 21. The smallest absolute Gasteiger partial charge is 0.255 e. The monoisotopic (exact) mass is 1950 g/mol. The third kappa shape index (κ3) is 19.6. The van der Waals surface area contributed by atoms with Gasteiger partial charge in [0.05, 0.1) is 11.0 Å². The molecule has 728 valence electrons. The first kappa shape index (κ1) is 84.6. The molecule has 140 heavy (non-hydrogen) atoms. The lowest BCUT2D eigenvalue weighted by Crippen LogP contribution is -2.52. The number of hydrogen-bond donors (Lipinski definition) is 14. The van der Waals surface area contributed by atoms with E-state index in [1.54, 1.807) is 0 Å². The topological polar surface area (TPSA) is 648 Å². The Hall–Kier alpha value is -17.1. The van der Waals surface area contributed by atoms with Crippen molar-refractivity contribution in [3.63, 3.8) is 0 Å². The molecule has 49 heteroatoms. The summed E-state index contributed by atoms with van der Waals surface area (Å²) in [6.45, 7) is -0.464. The van der Waals surface area contributed by atoms with Crippen LogP contribution >= 0.6 is 0 Å². The minimum atomic E-state index is -2.65. The second kappa shape index (κ2) is 39.0. The molecule has 0 radical (unpaired) electrons. The van der Waals surface area contributed by atoms with Gasteiger partial charge >= 0.3 is 0 Å². The second-order valence-corrected chi connectivity index (χ2v) is 33.1. The fraction of sp³-hybridized carbons (Fsp3) is 0.308. The minimum absolute atomic E-state index is 0.0210. The van der Waals surface area contributed by atoms with Crippen LogP contribution in [-0.4, -0.2) is 201 Å². The zero-order valence-electron chi connectivity index (χ0n) is 82.5. The predicted molar refractivity (Wildman–Crippen MR) is 468 cm³/mol. The maximum absolute atomic E-state index is 13.8. The Morgan fingerprint density at radius 1 is 0.236 bits per heavy atom. The molecule has 7 fully saturated rings. The quantitative estimate of drug-likeness (QED) is 0.0605. The molecular weight excluding hydrogens is 1860 g/mol. The number of carbonyl (C=O) groups is 21. The molecule has 42 nitrogen and oxygen atoms in total. The van der Waals surface area contributed by atoms with Crippen LogP contribution in [0, 0.1) is 40.7 Å². The van der Waals surface area contributed by atoms with Crippen LogP contribution in [0.2, 0.25) is 0 Å². The number of rotatable bonds is 7. The van der Waals surface area contributed by atoms with Crippen molar-refractivity contribution in [1.29, 1.82) is 0 Å². The molecule has 0 unspecified atom stereocenters. The van der Waals surface area contributed by atoms with E-state index in [4.69, 9.17) is 53.8 Å². The van der Waals surface area contributed by atoms with Crippen molar-refractivity contribution in [3.8, 4) is 0 Å². The number of carbonyl (C=O) groups excluding carboxylic acids is 21. The maximum Gasteiger partial charge on any atom is 0.255 e. The highest BCUT2D eigenvalue weighted by Crippen LogP contribution is 2.40. The van der Waals surface area contributed by atoms with Crippen LogP contribution in [0.3, 0.4) is 0 Å². The number of nitrogens with zero attached hydrogens (tertiary/aromatic N) is 7. The number of nitrogens with two attached hydrogens (primary N) is 7. The summed E-state index contributed by atoms with van der Waals surface area (Å²) in [4.78, 5) is 256. The van der Waals surface area contributed by atoms with Crippen molar-refractivity contribution in [1.82, 2.24) is 71.5 Å². The van der Waals surface area contributed by atoms with E-state index in [-0.39, 0.29) is 230 Å². The molecule has 14 aliphatic heterocycles. The van der Waals surface area contributed by atoms with Crippen molar-refractivity contribution in [2.24, 2.45) is 0 Å². The highest BCUT2D eigenvalue weighted by molar-refractivity contribution is 6.13. The van der Waals surface area contributed by atoms with Crippen molar-refractivity contribution in [3.05, 3.63) is 203 Å². The Balaban J connectivity index is 0.000000131. The number of piperidine rings is 7. The third-order valence-electron chi connectivity index (χ3n) is 24.3. The van der Waals surface area contributed by atoms with Gasteiger partial charge in [-0.3, -0.25) is 138 Å². The fourth-order valence-corrected chi connectivity index (χ4v) is 17.4. The van der Waals surface area contributed by atoms with Crippen LogP contribution < -0.4 is 77.4 Å². The van der Waals surface area contributed by atoms with Gasteiger partial charge < -0.3 is 74.4 Å². The maximum atomic E-state index is 13.8. The standard InChI is InChI=1S/7C13H12FN3O3/c7*14-6-3-7-8(9(15)4-6)5-17(13(7)20)10-1-2-11(18)16-12(10)19/h7*3-4,10H,1-2,5,15H2,(H,16,18,19)/t7*10-/m1110000/s1/i3D,4D;10D;;3D,4D,10D;1D2,10D;10D;. The number of fused-ring (bicyclic) bond motifs is 7. The molecule has 0 aliphatic carbocycles. The molecule has 21 rings (SSSR count). The van der Waals surface area contributed by atoms with E-state index in [0.29, 0.717) is 27.2 Å². The Morgan fingerprint density at radius 3 is 0.671 bits per heavy atom. The third-order valence-corrected chi connectivity index (χ3v) is 24.3. The molecule has 14 heterocycles. The Morgan fingerprint density at radius 2 is 0.429 bits per heavy atom. The van der Waals surface area contributed by atoms with Crippen molar-refractivity contribution in [2.75, 3.05) is 40.1 Å². The number of halogens is 7. The predicted octanol–water partition coefficient (Wildman–Crippen LogP) is 1.18. The first-order valence-electron chi connectivity index (χ1n) is 47.3. The van der Waals surface area contributed by atoms with Crippen LogP contribution in [0.4, 0.5) is 70.5 Å². The number of anilines is 7. The molecule has 7 aromatic carbocycles. The molecule has 7 atom stereocenters. The molecule has 0 saturated carbocycles. The first-order valence-corrected chi connectivity index (χ1v) is 42.3. The van der Waals surface area contributed by atoms with E-state index in [1.165, 1.54) is 14.7 Å². The number of hydrogen-bond acceptors (Lipinski definition) is 28. The van der Waals surface area contributed by atoms with Gasteiger partial charge in [0.2, 0.25) is 82.7 Å². The molecule has 0 spiro atoms. The van der Waals surface area contributed by atoms with E-state index in [9.17, 15) is 131 Å². The Kier molecular flexibility index (Phi) is 23.6. The Bertz CT molecular complexity index is 7100. The summed E-state index contributed by atoms with van der Waals surface area (Å²) >= 11 is 0. The highest BCUT2D eigenvalue weighted by atomic mass is 19.2. The second-order valence-electron chi connectivity index (χ2n) is 33.1. The van der Waals surface area contributed by atoms with Gasteiger partial charge in [-0.25, -0.2) is 30.7 Å². The van der Waals surface area contributed by atoms with E-state index in [1.807, 2.05) is 10.6 Å². The number of benzene rings is 7. The SMILES string of the molecule is Nc1cc(F)cc2c1CN([C@@H]1CCC(=O)NC1=O)C2=O.Nc1cc(F)cc2c1CN([C@H]1CCC(=O)NC1=O)C2=O.[2H]C1([2H])CC(=O)NC(=O)[C@@]1([2H])N1Cc2c(N)cc(F)cc2C1=O.[2H][C@@]1(N2Cc3c(N)cc(F)cc3C2=O)CCC(=O)NC1=O.[2H][C@]1(N2Cc3c(N)cc(F)cc3C2=O)CCC(=O)NC1=O.[2H]c1c(N)c2c(c([2H])c1F)C(=O)N([C@@H]1CCC(=O)NC1=O)C2.[2H]c1c(N)c2c(c([2H])c1F)C(=O)N([C@@]1([2H])CCC(=O)NC1=O)C2. The number of nitrogens with one attached hydrogen (secondary N) is 7. The van der Waals surface area contributed by atoms with Crippen molar-refractivity contribution in [2.45, 2.75) is 178 Å². The van der Waals surface area contributed by atoms with E-state index in [0.717, 1.165) is 75.4 Å². The average Bonchev–Trinajstić information content (AvgIpc) is 1.49. The van der Waals surface area contributed by atoms with Crippen LogP contribution in [0.15, 0.2) is 84.8 Å². The zero-order chi connectivity index (χ0) is 110. The number of imide groups is 7. The van der Waals surface area contributed by atoms with Gasteiger partial charge in [-0.05, 0) is 130 Å². The molecule has 21 amide bonds. The zero-order valence-corrected chi connectivity index (χ0v) is 72.5. The van der Waals surface area contributed by atoms with Crippen LogP contribution in [-0.2, 0) is 113 Å². The lowest BCUT2D eigenvalue weighted by Gasteiger charge is -2.29. The van der Waals surface area contributed by atoms with Crippen LogP contribution in [0.25, 0.3) is 0 Å². The summed E-state index contributed by atoms with van der Waals surface area (Å²) in [5, 5.41) is 14.5. The van der Waals surface area contributed by atoms with Gasteiger partial charge in [0, 0.05) is 211 Å². The first-order chi connectivity index (χ1) is 70.2. The van der Waals surface area contributed by atoms with Crippen LogP contribution in [0.5, 0.6) is 0 Å². The largest absolute Gasteiger partial charge is 0.398 e. The lowest BCUT2D eigenvalue weighted by molar-refractivity contribution is -0.138. The summed E-state index contributed by atoms with van der Waals surface area (Å²) in [7, 11) is 0. The van der Waals surface area contributed by atoms with Gasteiger partial charge in [0.25, 0.3) is 41.4 Å². The Labute approximate surface area is 799 Å². The molecule has 0 bridgehead atoms. The van der Waals surface area contributed by atoms with Crippen LogP contribution in [0.1, 0.15) is 215 Å². The molecular formula is C91H84F7N21O21. The van der Waals surface area contributed by atoms with Gasteiger partial charge in [0.1, 0.15) is 82.9 Å². The summed E-state index contributed by atoms with van der Waals surface area (Å²) in [5.41, 5.74) is 42.0. The van der Waals surface area contributed by atoms with E-state index < -0.39 is 232 Å². The minimum Gasteiger partial charge on any atom is -0.398 e. The highest BCUT2D eigenvalue weighted by Gasteiger charge is 2.49. The lowest BCUT2D eigenvalue weighted by atomic mass is 10.0. The molecule has 21 N–H and O–H groups in total. The summed E-state index contributed by atoms with van der Waals surface area (Å²) < 4.78 is 174. The molecule has 7 aromatic rings. The average molecular weight is 1950 g/mol. The fourth-order valence-electron chi connectivity index (χ4n) is 17.4.